The van der Waals surface area contributed by atoms with Crippen LogP contribution in [-0.2, 0) is 14.9 Å². The highest BCUT2D eigenvalue weighted by atomic mass is 32.3. The van der Waals surface area contributed by atoms with Crippen LogP contribution in [0.15, 0.2) is 48.8 Å². The largest absolute Gasteiger partial charge is 0.370 e. The third-order valence-corrected chi connectivity index (χ3v) is 10.4. The van der Waals surface area contributed by atoms with E-state index in [1.54, 1.807) is 10.7 Å². The van der Waals surface area contributed by atoms with Gasteiger partial charge in [0, 0.05) is 53.9 Å². The summed E-state index contributed by atoms with van der Waals surface area (Å²) in [4.78, 5) is 19.9. The van der Waals surface area contributed by atoms with Gasteiger partial charge >= 0.3 is 0 Å². The van der Waals surface area contributed by atoms with Gasteiger partial charge in [0.05, 0.1) is 18.0 Å². The molecule has 3 heterocycles. The number of benzene rings is 1. The second-order valence-corrected chi connectivity index (χ2v) is 14.0. The summed E-state index contributed by atoms with van der Waals surface area (Å²) in [7, 11) is -2.51. The summed E-state index contributed by atoms with van der Waals surface area (Å²) in [5, 5.41) is 17.5. The minimum Gasteiger partial charge on any atom is -0.370 e. The number of carbonyl (C=O) groups is 1. The molecule has 0 spiro atoms. The van der Waals surface area contributed by atoms with E-state index in [-0.39, 0.29) is 17.7 Å². The zero-order valence-electron chi connectivity index (χ0n) is 22.3. The molecule has 2 atom stereocenters. The molecule has 210 valence electrons. The molecular formula is C29H34FN7O2S. The maximum atomic E-state index is 13.6. The fourth-order valence-corrected chi connectivity index (χ4v) is 7.27. The highest BCUT2D eigenvalue weighted by molar-refractivity contribution is 7.98. The van der Waals surface area contributed by atoms with Crippen molar-refractivity contribution in [1.82, 2.24) is 20.1 Å². The summed E-state index contributed by atoms with van der Waals surface area (Å²) in [6.45, 7) is 1.32. The van der Waals surface area contributed by atoms with Crippen molar-refractivity contribution in [3.8, 4) is 23.0 Å². The van der Waals surface area contributed by atoms with E-state index in [0.29, 0.717) is 43.3 Å². The van der Waals surface area contributed by atoms with Gasteiger partial charge in [0.25, 0.3) is 0 Å². The van der Waals surface area contributed by atoms with E-state index >= 15 is 0 Å². The van der Waals surface area contributed by atoms with Crippen molar-refractivity contribution in [1.29, 1.82) is 10.0 Å². The monoisotopic (exact) mass is 563 g/mol. The molecule has 0 bridgehead atoms. The molecule has 3 fully saturated rings. The SMILES string of the molecule is N#CC1(NC(=O)[C@@H]2CCCC[C@H]2c2nn(-c3ccc(F)cn3)cc2-c2ccc(N3CC[SH](=N)(O)CC3)cc2)CC1. The third kappa shape index (κ3) is 5.38. The molecule has 0 radical (unpaired) electrons. The van der Waals surface area contributed by atoms with Gasteiger partial charge in [-0.1, -0.05) is 25.0 Å². The van der Waals surface area contributed by atoms with E-state index in [1.807, 2.05) is 30.5 Å². The molecule has 1 aliphatic heterocycles. The zero-order valence-corrected chi connectivity index (χ0v) is 23.2. The molecule has 2 aromatic heterocycles. The molecule has 0 unspecified atom stereocenters. The number of anilines is 1. The van der Waals surface area contributed by atoms with Crippen LogP contribution in [0.3, 0.4) is 0 Å². The maximum absolute atomic E-state index is 13.6. The first kappa shape index (κ1) is 26.6. The third-order valence-electron chi connectivity index (χ3n) is 8.49. The lowest BCUT2D eigenvalue weighted by atomic mass is 9.75. The van der Waals surface area contributed by atoms with Crippen LogP contribution >= 0.6 is 0 Å². The van der Waals surface area contributed by atoms with Gasteiger partial charge in [-0.05, 0) is 55.5 Å². The summed E-state index contributed by atoms with van der Waals surface area (Å²) in [6, 6.07) is 13.4. The Balaban J connectivity index is 1.34. The van der Waals surface area contributed by atoms with Crippen molar-refractivity contribution in [3.05, 3.63) is 60.3 Å². The van der Waals surface area contributed by atoms with Crippen LogP contribution in [-0.4, -0.2) is 55.4 Å². The Morgan fingerprint density at radius 2 is 1.88 bits per heavy atom. The van der Waals surface area contributed by atoms with E-state index in [4.69, 9.17) is 9.88 Å². The van der Waals surface area contributed by atoms with Gasteiger partial charge in [-0.2, -0.15) is 10.4 Å². The Kier molecular flexibility index (Phi) is 6.92. The van der Waals surface area contributed by atoms with Gasteiger partial charge in [-0.15, -0.1) is 10.1 Å². The number of hydrogen-bond donors (Lipinski definition) is 4. The molecule has 2 saturated carbocycles. The van der Waals surface area contributed by atoms with Crippen LogP contribution in [0.2, 0.25) is 0 Å². The standard InChI is InChI=1S/C29H34FN7O2S/c30-21-7-10-26(33-17-21)37-18-25(20-5-8-22(9-6-20)36-13-15-40(32,39)16-14-36)27(35-37)23-3-1-2-4-24(23)28(38)34-29(19-31)11-12-29/h5-10,17-18,23-24,40H,1-4,11-16H2,(H2,32,39)(H,34,38)/t23-,24-/m1/s1. The summed E-state index contributed by atoms with van der Waals surface area (Å²) in [5.74, 6) is 0.586. The summed E-state index contributed by atoms with van der Waals surface area (Å²) in [6.07, 6.45) is 7.92. The first-order valence-electron chi connectivity index (χ1n) is 13.9. The normalized spacial score (nSPS) is 24.1. The summed E-state index contributed by atoms with van der Waals surface area (Å²) in [5.41, 5.74) is 2.98. The number of amides is 1. The predicted molar refractivity (Wildman–Crippen MR) is 153 cm³/mol. The fourth-order valence-electron chi connectivity index (χ4n) is 5.90. The van der Waals surface area contributed by atoms with Crippen LogP contribution in [0.1, 0.15) is 50.1 Å². The number of hydrogen-bond acceptors (Lipinski definition) is 6. The lowest BCUT2D eigenvalue weighted by Crippen LogP contribution is -2.42. The van der Waals surface area contributed by atoms with Crippen LogP contribution in [0, 0.1) is 27.8 Å². The first-order valence-corrected chi connectivity index (χ1v) is 16.0. The summed E-state index contributed by atoms with van der Waals surface area (Å²) >= 11 is 0. The van der Waals surface area contributed by atoms with Crippen molar-refractivity contribution < 1.29 is 13.7 Å². The maximum Gasteiger partial charge on any atom is 0.225 e. The zero-order chi connectivity index (χ0) is 27.9. The number of carbonyl (C=O) groups excluding carboxylic acids is 1. The number of nitrogens with zero attached hydrogens (tertiary/aromatic N) is 5. The average molecular weight is 564 g/mol. The molecule has 3 aliphatic rings. The van der Waals surface area contributed by atoms with Gasteiger partial charge in [-0.25, -0.2) is 14.1 Å². The number of nitrogens with one attached hydrogen (secondary N) is 2. The summed E-state index contributed by atoms with van der Waals surface area (Å²) < 4.78 is 33.4. The molecule has 3 aromatic rings. The molecule has 1 aromatic carbocycles. The number of thiol groups is 1. The molecule has 1 amide bonds. The molecule has 6 rings (SSSR count). The molecule has 2 aliphatic carbocycles. The van der Waals surface area contributed by atoms with Crippen molar-refractivity contribution in [2.75, 3.05) is 29.5 Å². The lowest BCUT2D eigenvalue weighted by molar-refractivity contribution is -0.127. The minimum absolute atomic E-state index is 0.0817. The fraction of sp³-hybridized carbons (Fsp3) is 0.448. The Morgan fingerprint density at radius 3 is 2.52 bits per heavy atom. The van der Waals surface area contributed by atoms with E-state index in [1.165, 1.54) is 6.07 Å². The highest BCUT2D eigenvalue weighted by Crippen LogP contribution is 2.43. The Bertz CT molecular complexity index is 1480. The van der Waals surface area contributed by atoms with Crippen LogP contribution < -0.4 is 10.2 Å². The first-order chi connectivity index (χ1) is 19.3. The van der Waals surface area contributed by atoms with Gasteiger partial charge in [-0.3, -0.25) is 9.57 Å². The van der Waals surface area contributed by atoms with Crippen molar-refractivity contribution >= 4 is 21.7 Å². The lowest BCUT2D eigenvalue weighted by Gasteiger charge is -2.36. The van der Waals surface area contributed by atoms with Crippen LogP contribution in [0.5, 0.6) is 0 Å². The van der Waals surface area contributed by atoms with Crippen LogP contribution in [0.4, 0.5) is 10.1 Å². The molecule has 1 saturated heterocycles. The number of nitriles is 1. The predicted octanol–water partition coefficient (Wildman–Crippen LogP) is 4.46. The molecular weight excluding hydrogens is 529 g/mol. The van der Waals surface area contributed by atoms with Gasteiger partial charge < -0.3 is 14.8 Å². The van der Waals surface area contributed by atoms with E-state index in [9.17, 15) is 19.0 Å². The quantitative estimate of drug-likeness (QED) is 0.328. The second kappa shape index (κ2) is 10.4. The van der Waals surface area contributed by atoms with Gasteiger partial charge in [0.1, 0.15) is 11.4 Å². The van der Waals surface area contributed by atoms with Crippen molar-refractivity contribution in [3.63, 3.8) is 0 Å². The highest BCUT2D eigenvalue weighted by Gasteiger charge is 2.47. The average Bonchev–Trinajstić information content (AvgIpc) is 3.60. The molecule has 11 heteroatoms. The minimum atomic E-state index is -2.51. The van der Waals surface area contributed by atoms with E-state index < -0.39 is 21.5 Å². The molecule has 3 N–H and O–H groups in total. The van der Waals surface area contributed by atoms with Gasteiger partial charge in [0.15, 0.2) is 5.82 Å². The molecule has 9 nitrogen and oxygen atoms in total. The number of aromatic nitrogens is 3. The van der Waals surface area contributed by atoms with Crippen molar-refractivity contribution in [2.45, 2.75) is 50.0 Å². The molecule has 40 heavy (non-hydrogen) atoms. The number of pyridine rings is 1. The van der Waals surface area contributed by atoms with Crippen molar-refractivity contribution in [2.24, 2.45) is 5.92 Å². The van der Waals surface area contributed by atoms with Crippen LogP contribution in [0.25, 0.3) is 16.9 Å². The van der Waals surface area contributed by atoms with E-state index in [0.717, 1.165) is 54.4 Å². The topological polar surface area (TPSA) is 131 Å². The van der Waals surface area contributed by atoms with E-state index in [2.05, 4.69) is 21.3 Å². The van der Waals surface area contributed by atoms with Gasteiger partial charge in [0.2, 0.25) is 5.91 Å². The second-order valence-electron chi connectivity index (χ2n) is 11.3. The smallest absolute Gasteiger partial charge is 0.225 e. The Morgan fingerprint density at radius 1 is 1.15 bits per heavy atom. The number of halogens is 1. The number of rotatable bonds is 6. The Labute approximate surface area is 234 Å². The Hall–Kier alpha value is -3.62.